The van der Waals surface area contributed by atoms with Crippen molar-refractivity contribution in [1.29, 1.82) is 0 Å². The van der Waals surface area contributed by atoms with Gasteiger partial charge in [0, 0.05) is 11.6 Å². The Morgan fingerprint density at radius 1 is 1.17 bits per heavy atom. The van der Waals surface area contributed by atoms with Crippen LogP contribution in [-0.4, -0.2) is 11.2 Å². The Kier molecular flexibility index (Phi) is 2.68. The average molecular weight is 227 g/mol. The zero-order chi connectivity index (χ0) is 9.62. The molecule has 2 N–H and O–H groups in total. The molecule has 0 aromatic heterocycles. The van der Waals surface area contributed by atoms with E-state index < -0.39 is 5.69 Å². The molecule has 72 valence electrons. The molecule has 0 unspecified atom stereocenters. The molecule has 1 fully saturated rings. The lowest BCUT2D eigenvalue weighted by atomic mass is 9.90. The van der Waals surface area contributed by atoms with Crippen LogP contribution in [0, 0.1) is 0 Å². The van der Waals surface area contributed by atoms with Gasteiger partial charge in [0.2, 0.25) is 0 Å². The molecule has 0 aromatic carbocycles. The Balaban J connectivity index is 2.96. The zero-order valence-electron chi connectivity index (χ0n) is 7.66. The molecule has 1 heterocycles. The van der Waals surface area contributed by atoms with Crippen LogP contribution in [0.3, 0.4) is 0 Å². The molecule has 0 spiro atoms. The van der Waals surface area contributed by atoms with Crippen LogP contribution in [0.4, 0.5) is 0 Å². The maximum atomic E-state index is 5.64. The summed E-state index contributed by atoms with van der Waals surface area (Å²) in [7, 11) is 0. The van der Waals surface area contributed by atoms with Gasteiger partial charge in [0.15, 0.2) is 0 Å². The summed E-state index contributed by atoms with van der Waals surface area (Å²) in [6, 6.07) is 0. The minimum absolute atomic E-state index is 0.352. The molecule has 6 heteroatoms. The van der Waals surface area contributed by atoms with Crippen molar-refractivity contribution in [2.75, 3.05) is 0 Å². The van der Waals surface area contributed by atoms with Crippen LogP contribution in [0.5, 0.6) is 0 Å². The van der Waals surface area contributed by atoms with Crippen molar-refractivity contribution in [1.82, 2.24) is 0 Å². The summed E-state index contributed by atoms with van der Waals surface area (Å²) in [5.41, 5.74) is -2.97. The van der Waals surface area contributed by atoms with E-state index in [1.165, 1.54) is 0 Å². The number of rotatable bonds is 1. The Bertz CT molecular complexity index is 222. The van der Waals surface area contributed by atoms with Gasteiger partial charge in [-0.15, -0.1) is 0 Å². The summed E-state index contributed by atoms with van der Waals surface area (Å²) < 4.78 is 11.3. The second-order valence-corrected chi connectivity index (χ2v) is 9.44. The van der Waals surface area contributed by atoms with Gasteiger partial charge < -0.3 is 9.05 Å². The molecule has 0 saturated carbocycles. The maximum Gasteiger partial charge on any atom is 0.263 e. The Labute approximate surface area is 82.4 Å². The van der Waals surface area contributed by atoms with Gasteiger partial charge in [0.1, 0.15) is 0 Å². The first kappa shape index (κ1) is 11.0. The maximum absolute atomic E-state index is 5.64. The zero-order valence-corrected chi connectivity index (χ0v) is 10.2. The average Bonchev–Trinajstić information content (AvgIpc) is 1.99. The largest absolute Gasteiger partial charge is 0.312 e. The van der Waals surface area contributed by atoms with Gasteiger partial charge in [-0.05, 0) is 39.5 Å². The lowest BCUT2D eigenvalue weighted by Crippen LogP contribution is -2.41. The van der Waals surface area contributed by atoms with Crippen molar-refractivity contribution in [3.8, 4) is 0 Å². The molecule has 1 rings (SSSR count). The molecule has 0 aromatic rings. The molecule has 0 aliphatic carbocycles. The second kappa shape index (κ2) is 2.94. The first-order valence-electron chi connectivity index (χ1n) is 3.62. The third kappa shape index (κ3) is 1.72. The standard InChI is InChI=1S/C6H14NO2PS2/c1-5(2)6(3,4)9-10(11,8-5)12-7/h7H2,1-4H3. The molecule has 0 bridgehead atoms. The van der Waals surface area contributed by atoms with Crippen molar-refractivity contribution >= 4 is 29.1 Å². The molecule has 0 radical (unpaired) electrons. The lowest BCUT2D eigenvalue weighted by molar-refractivity contribution is 0.00578. The van der Waals surface area contributed by atoms with E-state index in [1.807, 2.05) is 27.7 Å². The summed E-state index contributed by atoms with van der Waals surface area (Å²) in [4.78, 5) is 0. The SMILES string of the molecule is CC1(C)OP(=S)(SN)OC1(C)C. The van der Waals surface area contributed by atoms with E-state index in [0.29, 0.717) is 0 Å². The number of hydrogen-bond donors (Lipinski definition) is 1. The van der Waals surface area contributed by atoms with Gasteiger partial charge in [-0.3, -0.25) is 5.14 Å². The fourth-order valence-electron chi connectivity index (χ4n) is 0.841. The van der Waals surface area contributed by atoms with Gasteiger partial charge in [0.05, 0.1) is 11.2 Å². The Morgan fingerprint density at radius 3 is 1.67 bits per heavy atom. The second-order valence-electron chi connectivity index (χ2n) is 3.76. The minimum atomic E-state index is -2.27. The first-order valence-corrected chi connectivity index (χ1v) is 7.75. The molecular weight excluding hydrogens is 213 g/mol. The third-order valence-corrected chi connectivity index (χ3v) is 6.32. The van der Waals surface area contributed by atoms with Gasteiger partial charge in [-0.1, -0.05) is 0 Å². The van der Waals surface area contributed by atoms with E-state index in [-0.39, 0.29) is 11.2 Å². The van der Waals surface area contributed by atoms with E-state index in [9.17, 15) is 0 Å². The van der Waals surface area contributed by atoms with E-state index in [2.05, 4.69) is 0 Å². The fraction of sp³-hybridized carbons (Fsp3) is 1.00. The smallest absolute Gasteiger partial charge is 0.263 e. The molecule has 3 nitrogen and oxygen atoms in total. The van der Waals surface area contributed by atoms with Crippen molar-refractivity contribution in [3.63, 3.8) is 0 Å². The van der Waals surface area contributed by atoms with Crippen LogP contribution < -0.4 is 5.14 Å². The highest BCUT2D eigenvalue weighted by molar-refractivity contribution is 8.67. The predicted octanol–water partition coefficient (Wildman–Crippen LogP) is 2.42. The van der Waals surface area contributed by atoms with E-state index in [0.717, 1.165) is 11.6 Å². The van der Waals surface area contributed by atoms with Gasteiger partial charge in [0.25, 0.3) is 5.69 Å². The van der Waals surface area contributed by atoms with Crippen LogP contribution in [0.25, 0.3) is 0 Å². The van der Waals surface area contributed by atoms with E-state index in [4.69, 9.17) is 26.0 Å². The lowest BCUT2D eigenvalue weighted by Gasteiger charge is -2.29. The Morgan fingerprint density at radius 2 is 1.50 bits per heavy atom. The van der Waals surface area contributed by atoms with Crippen LogP contribution in [0.2, 0.25) is 0 Å². The van der Waals surface area contributed by atoms with Crippen LogP contribution in [0.1, 0.15) is 27.7 Å². The molecule has 0 atom stereocenters. The monoisotopic (exact) mass is 227 g/mol. The highest BCUT2D eigenvalue weighted by Crippen LogP contribution is 2.69. The highest BCUT2D eigenvalue weighted by Gasteiger charge is 2.52. The molecule has 0 amide bonds. The quantitative estimate of drug-likeness (QED) is 0.550. The number of nitrogens with two attached hydrogens (primary N) is 1. The summed E-state index contributed by atoms with van der Waals surface area (Å²) in [6.07, 6.45) is 0. The van der Waals surface area contributed by atoms with Crippen molar-refractivity contribution < 1.29 is 9.05 Å². The summed E-state index contributed by atoms with van der Waals surface area (Å²) in [5.74, 6) is 0. The molecule has 1 aliphatic rings. The molecular formula is C6H14NO2PS2. The first-order chi connectivity index (χ1) is 5.22. The topological polar surface area (TPSA) is 44.5 Å². The Hall–Kier alpha value is 0.880. The van der Waals surface area contributed by atoms with Crippen molar-refractivity contribution in [3.05, 3.63) is 0 Å². The highest BCUT2D eigenvalue weighted by atomic mass is 32.9. The van der Waals surface area contributed by atoms with Gasteiger partial charge >= 0.3 is 0 Å². The minimum Gasteiger partial charge on any atom is -0.312 e. The predicted molar refractivity (Wildman–Crippen MR) is 56.4 cm³/mol. The third-order valence-electron chi connectivity index (χ3n) is 2.26. The molecule has 12 heavy (non-hydrogen) atoms. The molecule has 1 aliphatic heterocycles. The van der Waals surface area contributed by atoms with Crippen LogP contribution >= 0.6 is 17.3 Å². The number of hydrogen-bond acceptors (Lipinski definition) is 5. The summed E-state index contributed by atoms with van der Waals surface area (Å²) in [6.45, 7) is 7.88. The fourth-order valence-corrected chi connectivity index (χ4v) is 5.02. The summed E-state index contributed by atoms with van der Waals surface area (Å²) in [5, 5.41) is 5.42. The van der Waals surface area contributed by atoms with Crippen molar-refractivity contribution in [2.45, 2.75) is 38.9 Å². The molecule has 1 saturated heterocycles. The summed E-state index contributed by atoms with van der Waals surface area (Å²) >= 11 is 6.19. The normalized spacial score (nSPS) is 30.4. The van der Waals surface area contributed by atoms with Crippen molar-refractivity contribution in [2.24, 2.45) is 5.14 Å². The van der Waals surface area contributed by atoms with E-state index in [1.54, 1.807) is 0 Å². The van der Waals surface area contributed by atoms with E-state index >= 15 is 0 Å². The van der Waals surface area contributed by atoms with Crippen LogP contribution in [-0.2, 0) is 20.9 Å². The van der Waals surface area contributed by atoms with Gasteiger partial charge in [-0.2, -0.15) is 0 Å². The van der Waals surface area contributed by atoms with Crippen LogP contribution in [0.15, 0.2) is 0 Å². The van der Waals surface area contributed by atoms with Gasteiger partial charge in [-0.25, -0.2) is 0 Å².